The lowest BCUT2D eigenvalue weighted by molar-refractivity contribution is -0.161. The van der Waals surface area contributed by atoms with Crippen molar-refractivity contribution in [3.8, 4) is 0 Å². The second-order valence-electron chi connectivity index (χ2n) is 4.18. The predicted octanol–water partition coefficient (Wildman–Crippen LogP) is 3.30. The summed E-state index contributed by atoms with van der Waals surface area (Å²) in [4.78, 5) is 24.1. The van der Waals surface area contributed by atoms with Crippen LogP contribution in [-0.2, 0) is 19.7 Å². The van der Waals surface area contributed by atoms with E-state index >= 15 is 0 Å². The zero-order chi connectivity index (χ0) is 15.2. The Hall–Kier alpha value is -1.62. The number of rotatable bonds is 6. The van der Waals surface area contributed by atoms with E-state index in [0.717, 1.165) is 0 Å². The van der Waals surface area contributed by atoms with Gasteiger partial charge in [0, 0.05) is 4.47 Å². The number of halogens is 1. The number of benzene rings is 1. The molecule has 1 atom stereocenters. The van der Waals surface area contributed by atoms with E-state index in [1.807, 2.05) is 0 Å². The van der Waals surface area contributed by atoms with Gasteiger partial charge >= 0.3 is 11.9 Å². The maximum absolute atomic E-state index is 12.3. The predicted molar refractivity (Wildman–Crippen MR) is 79.5 cm³/mol. The largest absolute Gasteiger partial charge is 0.480 e. The average molecular weight is 341 g/mol. The molecule has 1 aromatic rings. The molecule has 0 bridgehead atoms. The number of ether oxygens (including phenoxy) is 1. The summed E-state index contributed by atoms with van der Waals surface area (Å²) >= 11 is 3.32. The molecule has 0 saturated carbocycles. The fourth-order valence-corrected chi connectivity index (χ4v) is 2.57. The van der Waals surface area contributed by atoms with E-state index < -0.39 is 17.4 Å². The van der Waals surface area contributed by atoms with Crippen LogP contribution >= 0.6 is 15.9 Å². The second-order valence-corrected chi connectivity index (χ2v) is 5.04. The third-order valence-corrected chi connectivity index (χ3v) is 3.67. The number of carbonyl (C=O) groups is 2. The minimum Gasteiger partial charge on any atom is -0.480 e. The van der Waals surface area contributed by atoms with Crippen LogP contribution in [0.25, 0.3) is 0 Å². The summed E-state index contributed by atoms with van der Waals surface area (Å²) in [6, 6.07) is 6.80. The molecule has 1 rings (SSSR count). The van der Waals surface area contributed by atoms with E-state index in [1.165, 1.54) is 0 Å². The van der Waals surface area contributed by atoms with Gasteiger partial charge in [0.2, 0.25) is 0 Å². The summed E-state index contributed by atoms with van der Waals surface area (Å²) < 4.78 is 5.57. The van der Waals surface area contributed by atoms with Gasteiger partial charge in [0.1, 0.15) is 0 Å². The number of carboxylic acid groups (broad SMARTS) is 1. The Bertz CT molecular complexity index is 524. The highest BCUT2D eigenvalue weighted by Gasteiger charge is 2.49. The monoisotopic (exact) mass is 340 g/mol. The first-order chi connectivity index (χ1) is 9.50. The topological polar surface area (TPSA) is 63.6 Å². The SMILES string of the molecule is C/C=C/CC(C(=O)O)(C(=O)OCC)c1ccccc1Br. The molecule has 0 amide bonds. The van der Waals surface area contributed by atoms with Crippen LogP contribution in [0.4, 0.5) is 0 Å². The molecule has 1 unspecified atom stereocenters. The molecule has 0 aliphatic rings. The normalized spacial score (nSPS) is 13.9. The number of aliphatic carboxylic acids is 1. The maximum Gasteiger partial charge on any atom is 0.328 e. The van der Waals surface area contributed by atoms with Crippen LogP contribution in [0.2, 0.25) is 0 Å². The summed E-state index contributed by atoms with van der Waals surface area (Å²) in [5.41, 5.74) is -1.34. The highest BCUT2D eigenvalue weighted by Crippen LogP contribution is 2.35. The van der Waals surface area contributed by atoms with Crippen molar-refractivity contribution in [1.29, 1.82) is 0 Å². The Morgan fingerprint density at radius 3 is 2.55 bits per heavy atom. The molecule has 0 aliphatic heterocycles. The van der Waals surface area contributed by atoms with Gasteiger partial charge in [-0.25, -0.2) is 0 Å². The second kappa shape index (κ2) is 7.24. The smallest absolute Gasteiger partial charge is 0.328 e. The molecule has 0 aromatic heterocycles. The fourth-order valence-electron chi connectivity index (χ4n) is 1.95. The van der Waals surface area contributed by atoms with E-state index in [1.54, 1.807) is 50.3 Å². The van der Waals surface area contributed by atoms with Crippen LogP contribution in [0.5, 0.6) is 0 Å². The number of carboxylic acids is 1. The zero-order valence-electron chi connectivity index (χ0n) is 11.4. The van der Waals surface area contributed by atoms with Crippen LogP contribution in [0.1, 0.15) is 25.8 Å². The summed E-state index contributed by atoms with van der Waals surface area (Å²) in [6.07, 6.45) is 3.42. The summed E-state index contributed by atoms with van der Waals surface area (Å²) in [6.45, 7) is 3.56. The molecular formula is C15H17BrO4. The lowest BCUT2D eigenvalue weighted by Gasteiger charge is -2.27. The minimum absolute atomic E-state index is 0.0419. The minimum atomic E-state index is -1.73. The molecule has 5 heteroatoms. The van der Waals surface area contributed by atoms with Gasteiger partial charge < -0.3 is 9.84 Å². The van der Waals surface area contributed by atoms with Gasteiger partial charge in [-0.1, -0.05) is 46.3 Å². The van der Waals surface area contributed by atoms with Crippen LogP contribution in [0.3, 0.4) is 0 Å². The van der Waals surface area contributed by atoms with Crippen molar-refractivity contribution in [1.82, 2.24) is 0 Å². The quantitative estimate of drug-likeness (QED) is 0.490. The Labute approximate surface area is 126 Å². The molecule has 0 fully saturated rings. The summed E-state index contributed by atoms with van der Waals surface area (Å²) in [5, 5.41) is 9.67. The van der Waals surface area contributed by atoms with Crippen molar-refractivity contribution in [3.63, 3.8) is 0 Å². The maximum atomic E-state index is 12.3. The van der Waals surface area contributed by atoms with Gasteiger partial charge in [0.25, 0.3) is 0 Å². The molecular weight excluding hydrogens is 324 g/mol. The molecule has 0 heterocycles. The van der Waals surface area contributed by atoms with Crippen molar-refractivity contribution >= 4 is 27.9 Å². The molecule has 4 nitrogen and oxygen atoms in total. The number of esters is 1. The molecule has 20 heavy (non-hydrogen) atoms. The Balaban J connectivity index is 3.48. The molecule has 0 saturated heterocycles. The first kappa shape index (κ1) is 16.4. The van der Waals surface area contributed by atoms with E-state index in [2.05, 4.69) is 15.9 Å². The number of hydrogen-bond acceptors (Lipinski definition) is 3. The van der Waals surface area contributed by atoms with Gasteiger partial charge in [-0.05, 0) is 31.9 Å². The van der Waals surface area contributed by atoms with Gasteiger partial charge in [-0.15, -0.1) is 0 Å². The van der Waals surface area contributed by atoms with Crippen LogP contribution in [0.15, 0.2) is 40.9 Å². The van der Waals surface area contributed by atoms with Crippen molar-refractivity contribution in [2.75, 3.05) is 6.61 Å². The Morgan fingerprint density at radius 2 is 2.05 bits per heavy atom. The highest BCUT2D eigenvalue weighted by molar-refractivity contribution is 9.10. The van der Waals surface area contributed by atoms with Crippen LogP contribution in [0, 0.1) is 0 Å². The standard InChI is InChI=1S/C15H17BrO4/c1-3-5-10-15(13(17)18,14(19)20-4-2)11-8-6-7-9-12(11)16/h3,5-9H,4,10H2,1-2H3,(H,17,18)/b5-3+. The van der Waals surface area contributed by atoms with Gasteiger partial charge in [0.15, 0.2) is 5.41 Å². The molecule has 1 N–H and O–H groups in total. The molecule has 108 valence electrons. The van der Waals surface area contributed by atoms with Gasteiger partial charge in [-0.2, -0.15) is 0 Å². The van der Waals surface area contributed by atoms with E-state index in [-0.39, 0.29) is 13.0 Å². The number of allylic oxidation sites excluding steroid dienone is 2. The average Bonchev–Trinajstić information content (AvgIpc) is 2.41. The van der Waals surface area contributed by atoms with Crippen LogP contribution in [-0.4, -0.2) is 23.7 Å². The summed E-state index contributed by atoms with van der Waals surface area (Å²) in [5.74, 6) is -1.97. The third kappa shape index (κ3) is 3.10. The Morgan fingerprint density at radius 1 is 1.40 bits per heavy atom. The lowest BCUT2D eigenvalue weighted by atomic mass is 9.77. The van der Waals surface area contributed by atoms with Crippen molar-refractivity contribution in [2.24, 2.45) is 0 Å². The Kier molecular flexibility index (Phi) is 5.95. The van der Waals surface area contributed by atoms with Gasteiger partial charge in [0.05, 0.1) is 6.61 Å². The number of hydrogen-bond donors (Lipinski definition) is 1. The molecule has 0 spiro atoms. The zero-order valence-corrected chi connectivity index (χ0v) is 13.0. The van der Waals surface area contributed by atoms with Gasteiger partial charge in [-0.3, -0.25) is 9.59 Å². The van der Waals surface area contributed by atoms with Crippen molar-refractivity contribution in [2.45, 2.75) is 25.7 Å². The van der Waals surface area contributed by atoms with E-state index in [4.69, 9.17) is 4.74 Å². The first-order valence-electron chi connectivity index (χ1n) is 6.27. The molecule has 1 aromatic carbocycles. The van der Waals surface area contributed by atoms with E-state index in [0.29, 0.717) is 10.0 Å². The first-order valence-corrected chi connectivity index (χ1v) is 7.06. The third-order valence-electron chi connectivity index (χ3n) is 2.98. The van der Waals surface area contributed by atoms with Crippen molar-refractivity contribution < 1.29 is 19.4 Å². The molecule has 0 aliphatic carbocycles. The summed E-state index contributed by atoms with van der Waals surface area (Å²) in [7, 11) is 0. The molecule has 0 radical (unpaired) electrons. The van der Waals surface area contributed by atoms with Crippen molar-refractivity contribution in [3.05, 3.63) is 46.5 Å². The highest BCUT2D eigenvalue weighted by atomic mass is 79.9. The fraction of sp³-hybridized carbons (Fsp3) is 0.333. The lowest BCUT2D eigenvalue weighted by Crippen LogP contribution is -2.45. The number of carbonyl (C=O) groups excluding carboxylic acids is 1. The van der Waals surface area contributed by atoms with Crippen LogP contribution < -0.4 is 0 Å². The van der Waals surface area contributed by atoms with E-state index in [9.17, 15) is 14.7 Å².